The SMILES string of the molecule is C=CCCOc1ccc(C2CCC(CCc3ccc(C4CCC(OCCCC)CC4)c(F)c3F)CC2)cc1F. The Morgan fingerprint density at radius 1 is 0.872 bits per heavy atom. The van der Waals surface area contributed by atoms with Crippen molar-refractivity contribution in [3.05, 3.63) is 77.1 Å². The maximum Gasteiger partial charge on any atom is 0.165 e. The number of aryl methyl sites for hydroxylation is 1. The summed E-state index contributed by atoms with van der Waals surface area (Å²) in [7, 11) is 0. The van der Waals surface area contributed by atoms with Crippen molar-refractivity contribution in [1.29, 1.82) is 0 Å². The normalized spacial score (nSPS) is 23.5. The second-order valence-electron chi connectivity index (χ2n) is 11.5. The number of hydrogen-bond donors (Lipinski definition) is 0. The van der Waals surface area contributed by atoms with Crippen molar-refractivity contribution in [2.75, 3.05) is 13.2 Å². The smallest absolute Gasteiger partial charge is 0.165 e. The van der Waals surface area contributed by atoms with Crippen LogP contribution in [-0.2, 0) is 11.2 Å². The summed E-state index contributed by atoms with van der Waals surface area (Å²) in [6, 6.07) is 8.95. The molecule has 0 amide bonds. The molecule has 39 heavy (non-hydrogen) atoms. The maximum atomic E-state index is 15.1. The molecule has 2 nitrogen and oxygen atoms in total. The molecule has 0 bridgehead atoms. The fourth-order valence-corrected chi connectivity index (χ4v) is 6.33. The molecule has 0 radical (unpaired) electrons. The van der Waals surface area contributed by atoms with E-state index >= 15 is 8.78 Å². The standard InChI is InChI=1S/C34H45F3O2/c1-3-5-21-38-29-17-13-26(14-18-29)30-19-15-27(33(36)34(30)37)12-9-24-7-10-25(11-8-24)28-16-20-32(31(35)23-28)39-22-6-4-2/h4,15-16,19-20,23-26,29H,2-3,5-14,17-18,21-22H2,1H3. The number of rotatable bonds is 13. The van der Waals surface area contributed by atoms with Crippen LogP contribution >= 0.6 is 0 Å². The molecule has 0 aliphatic heterocycles. The lowest BCUT2D eigenvalue weighted by atomic mass is 9.76. The lowest BCUT2D eigenvalue weighted by molar-refractivity contribution is 0.0230. The fourth-order valence-electron chi connectivity index (χ4n) is 6.33. The van der Waals surface area contributed by atoms with Gasteiger partial charge in [0.25, 0.3) is 0 Å². The Morgan fingerprint density at radius 3 is 2.31 bits per heavy atom. The predicted octanol–water partition coefficient (Wildman–Crippen LogP) is 9.81. The van der Waals surface area contributed by atoms with E-state index in [1.165, 1.54) is 0 Å². The van der Waals surface area contributed by atoms with Gasteiger partial charge in [-0.3, -0.25) is 0 Å². The van der Waals surface area contributed by atoms with E-state index in [1.54, 1.807) is 18.2 Å². The zero-order valence-electron chi connectivity index (χ0n) is 23.5. The van der Waals surface area contributed by atoms with Crippen LogP contribution in [0.1, 0.15) is 112 Å². The first kappa shape index (κ1) is 29.7. The van der Waals surface area contributed by atoms with Crippen molar-refractivity contribution in [2.24, 2.45) is 5.92 Å². The van der Waals surface area contributed by atoms with Crippen molar-refractivity contribution in [3.8, 4) is 5.75 Å². The molecule has 0 atom stereocenters. The third-order valence-corrected chi connectivity index (χ3v) is 8.83. The lowest BCUT2D eigenvalue weighted by Crippen LogP contribution is -2.22. The van der Waals surface area contributed by atoms with Crippen LogP contribution in [-0.4, -0.2) is 19.3 Å². The van der Waals surface area contributed by atoms with E-state index in [1.807, 2.05) is 18.2 Å². The minimum Gasteiger partial charge on any atom is -0.490 e. The Labute approximate surface area is 233 Å². The molecule has 4 rings (SSSR count). The first-order valence-corrected chi connectivity index (χ1v) is 15.1. The van der Waals surface area contributed by atoms with Crippen molar-refractivity contribution in [3.63, 3.8) is 0 Å². The summed E-state index contributed by atoms with van der Waals surface area (Å²) < 4.78 is 56.1. The van der Waals surface area contributed by atoms with Gasteiger partial charge in [0, 0.05) is 6.61 Å². The van der Waals surface area contributed by atoms with E-state index in [9.17, 15) is 4.39 Å². The molecule has 2 aliphatic rings. The van der Waals surface area contributed by atoms with Gasteiger partial charge in [-0.2, -0.15) is 0 Å². The highest BCUT2D eigenvalue weighted by atomic mass is 19.2. The minimum atomic E-state index is -0.659. The van der Waals surface area contributed by atoms with E-state index in [2.05, 4.69) is 13.5 Å². The van der Waals surface area contributed by atoms with Crippen LogP contribution in [0, 0.1) is 23.4 Å². The zero-order chi connectivity index (χ0) is 27.6. The van der Waals surface area contributed by atoms with Gasteiger partial charge in [0.2, 0.25) is 0 Å². The Balaban J connectivity index is 1.24. The third kappa shape index (κ3) is 8.13. The Bertz CT molecular complexity index is 1050. The highest BCUT2D eigenvalue weighted by Crippen LogP contribution is 2.40. The average molecular weight is 543 g/mol. The number of benzene rings is 2. The summed E-state index contributed by atoms with van der Waals surface area (Å²) in [5.74, 6) is -0.436. The zero-order valence-corrected chi connectivity index (χ0v) is 23.5. The summed E-state index contributed by atoms with van der Waals surface area (Å²) in [6.45, 7) is 7.02. The van der Waals surface area contributed by atoms with Crippen molar-refractivity contribution in [1.82, 2.24) is 0 Å². The van der Waals surface area contributed by atoms with Crippen LogP contribution in [0.5, 0.6) is 5.75 Å². The number of hydrogen-bond acceptors (Lipinski definition) is 2. The highest BCUT2D eigenvalue weighted by Gasteiger charge is 2.27. The van der Waals surface area contributed by atoms with Gasteiger partial charge in [-0.1, -0.05) is 37.6 Å². The van der Waals surface area contributed by atoms with Gasteiger partial charge in [0.1, 0.15) is 0 Å². The molecule has 214 valence electrons. The van der Waals surface area contributed by atoms with Gasteiger partial charge < -0.3 is 9.47 Å². The molecule has 2 aromatic carbocycles. The van der Waals surface area contributed by atoms with Crippen LogP contribution in [0.3, 0.4) is 0 Å². The number of halogens is 3. The second-order valence-corrected chi connectivity index (χ2v) is 11.5. The van der Waals surface area contributed by atoms with Crippen LogP contribution in [0.2, 0.25) is 0 Å². The van der Waals surface area contributed by atoms with Gasteiger partial charge >= 0.3 is 0 Å². The lowest BCUT2D eigenvalue weighted by Gasteiger charge is -2.30. The van der Waals surface area contributed by atoms with Crippen LogP contribution in [0.25, 0.3) is 0 Å². The molecule has 2 saturated carbocycles. The minimum absolute atomic E-state index is 0.0764. The predicted molar refractivity (Wildman–Crippen MR) is 152 cm³/mol. The third-order valence-electron chi connectivity index (χ3n) is 8.83. The van der Waals surface area contributed by atoms with Crippen LogP contribution in [0.15, 0.2) is 43.0 Å². The van der Waals surface area contributed by atoms with Gasteiger partial charge in [0.15, 0.2) is 23.2 Å². The first-order valence-electron chi connectivity index (χ1n) is 15.1. The van der Waals surface area contributed by atoms with E-state index < -0.39 is 11.6 Å². The molecule has 0 N–H and O–H groups in total. The van der Waals surface area contributed by atoms with Gasteiger partial charge in [-0.25, -0.2) is 13.2 Å². The summed E-state index contributed by atoms with van der Waals surface area (Å²) in [5.41, 5.74) is 2.05. The van der Waals surface area contributed by atoms with Gasteiger partial charge in [-0.05, 0) is 124 Å². The topological polar surface area (TPSA) is 18.5 Å². The summed E-state index contributed by atoms with van der Waals surface area (Å²) >= 11 is 0. The fraction of sp³-hybridized carbons (Fsp3) is 0.588. The maximum absolute atomic E-state index is 15.1. The Hall–Kier alpha value is -2.27. The van der Waals surface area contributed by atoms with Crippen LogP contribution < -0.4 is 4.74 Å². The molecular weight excluding hydrogens is 497 g/mol. The molecule has 2 fully saturated rings. The van der Waals surface area contributed by atoms with E-state index in [0.717, 1.165) is 82.8 Å². The molecule has 5 heteroatoms. The summed E-state index contributed by atoms with van der Waals surface area (Å²) in [5, 5.41) is 0. The molecule has 0 saturated heterocycles. The molecule has 0 heterocycles. The quantitative estimate of drug-likeness (QED) is 0.185. The van der Waals surface area contributed by atoms with E-state index in [-0.39, 0.29) is 17.8 Å². The monoisotopic (exact) mass is 542 g/mol. The molecule has 2 aliphatic carbocycles. The van der Waals surface area contributed by atoms with Crippen LogP contribution in [0.4, 0.5) is 13.2 Å². The molecule has 0 spiro atoms. The first-order chi connectivity index (χ1) is 19.0. The van der Waals surface area contributed by atoms with Crippen molar-refractivity contribution < 1.29 is 22.6 Å². The van der Waals surface area contributed by atoms with Crippen molar-refractivity contribution >= 4 is 0 Å². The van der Waals surface area contributed by atoms with Gasteiger partial charge in [-0.15, -0.1) is 6.58 Å². The average Bonchev–Trinajstić information content (AvgIpc) is 2.96. The number of unbranched alkanes of at least 4 members (excludes halogenated alkanes) is 1. The summed E-state index contributed by atoms with van der Waals surface area (Å²) in [4.78, 5) is 0. The largest absolute Gasteiger partial charge is 0.490 e. The highest BCUT2D eigenvalue weighted by molar-refractivity contribution is 5.32. The summed E-state index contributed by atoms with van der Waals surface area (Å²) in [6.07, 6.45) is 13.9. The van der Waals surface area contributed by atoms with Gasteiger partial charge in [0.05, 0.1) is 12.7 Å². The molecule has 2 aromatic rings. The van der Waals surface area contributed by atoms with E-state index in [4.69, 9.17) is 9.47 Å². The Morgan fingerprint density at radius 2 is 1.62 bits per heavy atom. The Kier molecular flexibility index (Phi) is 11.4. The van der Waals surface area contributed by atoms with Crippen molar-refractivity contribution in [2.45, 2.75) is 108 Å². The van der Waals surface area contributed by atoms with E-state index in [0.29, 0.717) is 48.2 Å². The second kappa shape index (κ2) is 14.9. The molecule has 0 aromatic heterocycles. The number of ether oxygens (including phenoxy) is 2. The molecule has 0 unspecified atom stereocenters. The molecular formula is C34H45F3O2.